The van der Waals surface area contributed by atoms with E-state index in [9.17, 15) is 4.79 Å². The molecular weight excluding hydrogens is 295 g/mol. The average molecular weight is 310 g/mol. The molecule has 0 bridgehead atoms. The zero-order chi connectivity index (χ0) is 11.3. The lowest BCUT2D eigenvalue weighted by Gasteiger charge is -2.10. The summed E-state index contributed by atoms with van der Waals surface area (Å²) in [5.41, 5.74) is 5.99. The second-order valence-electron chi connectivity index (χ2n) is 3.04. The predicted molar refractivity (Wildman–Crippen MR) is 68.8 cm³/mol. The molecule has 90 valence electrons. The Morgan fingerprint density at radius 3 is 2.81 bits per heavy atom. The molecule has 0 aliphatic carbocycles. The lowest BCUT2D eigenvalue weighted by Crippen LogP contribution is -2.20. The van der Waals surface area contributed by atoms with Gasteiger partial charge in [-0.1, -0.05) is 15.9 Å². The molecule has 0 fully saturated rings. The molecule has 0 heterocycles. The third kappa shape index (κ3) is 4.83. The summed E-state index contributed by atoms with van der Waals surface area (Å²) in [7, 11) is 1.85. The third-order valence-corrected chi connectivity index (χ3v) is 2.25. The number of primary amides is 1. The topological polar surface area (TPSA) is 64.3 Å². The van der Waals surface area contributed by atoms with Crippen molar-refractivity contribution in [3.63, 3.8) is 0 Å². The maximum Gasteiger partial charge on any atom is 0.255 e. The van der Waals surface area contributed by atoms with Crippen molar-refractivity contribution in [1.29, 1.82) is 0 Å². The molecule has 1 rings (SSSR count). The fraction of sp³-hybridized carbons (Fsp3) is 0.300. The van der Waals surface area contributed by atoms with E-state index < -0.39 is 5.91 Å². The number of hydrogen-bond acceptors (Lipinski definition) is 3. The molecule has 6 heteroatoms. The van der Waals surface area contributed by atoms with E-state index in [4.69, 9.17) is 10.5 Å². The highest BCUT2D eigenvalue weighted by Gasteiger charge is 2.05. The summed E-state index contributed by atoms with van der Waals surface area (Å²) in [6.07, 6.45) is 0. The molecule has 1 aromatic rings. The summed E-state index contributed by atoms with van der Waals surface area (Å²) < 4.78 is 6.24. The summed E-state index contributed by atoms with van der Waals surface area (Å²) >= 11 is 3.37. The lowest BCUT2D eigenvalue weighted by atomic mass is 10.2. The van der Waals surface area contributed by atoms with Crippen LogP contribution in [0.25, 0.3) is 0 Å². The second kappa shape index (κ2) is 7.49. The van der Waals surface area contributed by atoms with Crippen LogP contribution in [-0.2, 0) is 11.3 Å². The Bertz CT molecular complexity index is 361. The predicted octanol–water partition coefficient (Wildman–Crippen LogP) is 1.45. The van der Waals surface area contributed by atoms with Crippen LogP contribution in [-0.4, -0.2) is 19.6 Å². The van der Waals surface area contributed by atoms with Crippen LogP contribution in [0.5, 0.6) is 5.75 Å². The van der Waals surface area contributed by atoms with Gasteiger partial charge in [0.05, 0.1) is 0 Å². The first-order valence-electron chi connectivity index (χ1n) is 4.47. The second-order valence-corrected chi connectivity index (χ2v) is 3.95. The molecule has 1 aromatic carbocycles. The summed E-state index contributed by atoms with van der Waals surface area (Å²) in [4.78, 5) is 10.6. The number of amides is 1. The Balaban J connectivity index is 0.00000225. The van der Waals surface area contributed by atoms with Crippen LogP contribution in [0.3, 0.4) is 0 Å². The Morgan fingerprint density at radius 1 is 1.56 bits per heavy atom. The average Bonchev–Trinajstić information content (AvgIpc) is 2.17. The first-order valence-corrected chi connectivity index (χ1v) is 5.27. The van der Waals surface area contributed by atoms with Gasteiger partial charge < -0.3 is 15.8 Å². The number of nitrogens with two attached hydrogens (primary N) is 1. The van der Waals surface area contributed by atoms with Gasteiger partial charge in [0, 0.05) is 16.6 Å². The van der Waals surface area contributed by atoms with Gasteiger partial charge in [-0.3, -0.25) is 4.79 Å². The van der Waals surface area contributed by atoms with Gasteiger partial charge in [-0.2, -0.15) is 0 Å². The number of nitrogens with one attached hydrogen (secondary N) is 1. The minimum absolute atomic E-state index is 0. The van der Waals surface area contributed by atoms with Crippen molar-refractivity contribution < 1.29 is 9.53 Å². The Kier molecular flexibility index (Phi) is 7.12. The highest BCUT2D eigenvalue weighted by atomic mass is 79.9. The molecule has 1 amide bonds. The van der Waals surface area contributed by atoms with Gasteiger partial charge in [0.15, 0.2) is 6.61 Å². The van der Waals surface area contributed by atoms with Crippen LogP contribution < -0.4 is 15.8 Å². The standard InChI is InChI=1S/C10H13BrN2O2.ClH/c1-13-5-7-4-8(11)2-3-9(7)15-6-10(12)14;/h2-4,13H,5-6H2,1H3,(H2,12,14);1H. The monoisotopic (exact) mass is 308 g/mol. The maximum absolute atomic E-state index is 10.6. The fourth-order valence-corrected chi connectivity index (χ4v) is 1.57. The van der Waals surface area contributed by atoms with Crippen molar-refractivity contribution in [2.24, 2.45) is 5.73 Å². The van der Waals surface area contributed by atoms with E-state index in [0.717, 1.165) is 10.0 Å². The van der Waals surface area contributed by atoms with E-state index in [1.165, 1.54) is 0 Å². The molecule has 0 spiro atoms. The van der Waals surface area contributed by atoms with Gasteiger partial charge in [-0.05, 0) is 25.2 Å². The van der Waals surface area contributed by atoms with E-state index in [0.29, 0.717) is 12.3 Å². The SMILES string of the molecule is CNCc1cc(Br)ccc1OCC(N)=O.Cl. The molecule has 0 saturated carbocycles. The number of hydrogen-bond donors (Lipinski definition) is 2. The minimum Gasteiger partial charge on any atom is -0.483 e. The molecule has 0 radical (unpaired) electrons. The first kappa shape index (κ1) is 15.2. The molecule has 16 heavy (non-hydrogen) atoms. The molecule has 0 unspecified atom stereocenters. The van der Waals surface area contributed by atoms with Crippen molar-refractivity contribution in [1.82, 2.24) is 5.32 Å². The van der Waals surface area contributed by atoms with Crippen LogP contribution in [0.4, 0.5) is 0 Å². The van der Waals surface area contributed by atoms with Crippen molar-refractivity contribution in [2.45, 2.75) is 6.54 Å². The van der Waals surface area contributed by atoms with Crippen LogP contribution in [0.15, 0.2) is 22.7 Å². The minimum atomic E-state index is -0.478. The normalized spacial score (nSPS) is 9.38. The summed E-state index contributed by atoms with van der Waals surface area (Å²) in [6, 6.07) is 5.60. The summed E-state index contributed by atoms with van der Waals surface area (Å²) in [5.74, 6) is 0.194. The number of carbonyl (C=O) groups is 1. The molecule has 0 aliphatic rings. The highest BCUT2D eigenvalue weighted by Crippen LogP contribution is 2.22. The third-order valence-electron chi connectivity index (χ3n) is 1.76. The highest BCUT2D eigenvalue weighted by molar-refractivity contribution is 9.10. The van der Waals surface area contributed by atoms with Gasteiger partial charge in [-0.25, -0.2) is 0 Å². The van der Waals surface area contributed by atoms with Crippen molar-refractivity contribution in [3.8, 4) is 5.75 Å². The van der Waals surface area contributed by atoms with Crippen LogP contribution in [0.1, 0.15) is 5.56 Å². The van der Waals surface area contributed by atoms with E-state index in [1.807, 2.05) is 19.2 Å². The number of halogens is 2. The van der Waals surface area contributed by atoms with E-state index >= 15 is 0 Å². The Morgan fingerprint density at radius 2 is 2.25 bits per heavy atom. The first-order chi connectivity index (χ1) is 7.13. The van der Waals surface area contributed by atoms with Crippen LogP contribution in [0, 0.1) is 0 Å². The molecule has 0 aliphatic heterocycles. The molecule has 0 saturated heterocycles. The molecule has 3 N–H and O–H groups in total. The number of benzene rings is 1. The largest absolute Gasteiger partial charge is 0.483 e. The van der Waals surface area contributed by atoms with E-state index in [-0.39, 0.29) is 19.0 Å². The quantitative estimate of drug-likeness (QED) is 0.865. The smallest absolute Gasteiger partial charge is 0.255 e. The molecule has 0 aromatic heterocycles. The lowest BCUT2D eigenvalue weighted by molar-refractivity contribution is -0.119. The van der Waals surface area contributed by atoms with Crippen molar-refractivity contribution >= 4 is 34.2 Å². The van der Waals surface area contributed by atoms with E-state index in [2.05, 4.69) is 21.2 Å². The summed E-state index contributed by atoms with van der Waals surface area (Å²) in [5, 5.41) is 3.02. The number of ether oxygens (including phenoxy) is 1. The fourth-order valence-electron chi connectivity index (χ4n) is 1.17. The zero-order valence-electron chi connectivity index (χ0n) is 8.83. The van der Waals surface area contributed by atoms with Gasteiger partial charge in [-0.15, -0.1) is 12.4 Å². The summed E-state index contributed by atoms with van der Waals surface area (Å²) in [6.45, 7) is 0.575. The zero-order valence-corrected chi connectivity index (χ0v) is 11.2. The Hall–Kier alpha value is -0.780. The molecular formula is C10H14BrClN2O2. The van der Waals surface area contributed by atoms with Gasteiger partial charge in [0.1, 0.15) is 5.75 Å². The molecule has 0 atom stereocenters. The van der Waals surface area contributed by atoms with Crippen molar-refractivity contribution in [3.05, 3.63) is 28.2 Å². The number of carbonyl (C=O) groups excluding carboxylic acids is 1. The van der Waals surface area contributed by atoms with Gasteiger partial charge in [0.2, 0.25) is 0 Å². The van der Waals surface area contributed by atoms with Crippen molar-refractivity contribution in [2.75, 3.05) is 13.7 Å². The van der Waals surface area contributed by atoms with Gasteiger partial charge in [0.25, 0.3) is 5.91 Å². The molecule has 4 nitrogen and oxygen atoms in total. The maximum atomic E-state index is 10.6. The van der Waals surface area contributed by atoms with E-state index in [1.54, 1.807) is 6.07 Å². The number of rotatable bonds is 5. The van der Waals surface area contributed by atoms with Crippen LogP contribution >= 0.6 is 28.3 Å². The Labute approximate surface area is 109 Å². The van der Waals surface area contributed by atoms with Crippen LogP contribution in [0.2, 0.25) is 0 Å². The van der Waals surface area contributed by atoms with Gasteiger partial charge >= 0.3 is 0 Å².